The van der Waals surface area contributed by atoms with Crippen molar-refractivity contribution in [2.24, 2.45) is 0 Å². The fourth-order valence-electron chi connectivity index (χ4n) is 3.63. The number of ether oxygens (including phenoxy) is 1. The van der Waals surface area contributed by atoms with Crippen molar-refractivity contribution in [1.29, 1.82) is 0 Å². The lowest BCUT2D eigenvalue weighted by molar-refractivity contribution is 0.00721. The molecule has 1 aliphatic heterocycles. The predicted octanol–water partition coefficient (Wildman–Crippen LogP) is 8.23. The first kappa shape index (κ1) is 25.0. The molecule has 0 N–H and O–H groups in total. The minimum absolute atomic E-state index is 0.299. The van der Waals surface area contributed by atoms with Crippen molar-refractivity contribution in [3.05, 3.63) is 123 Å². The number of benzene rings is 3. The summed E-state index contributed by atoms with van der Waals surface area (Å²) in [6.45, 7) is 1.73. The van der Waals surface area contributed by atoms with Gasteiger partial charge in [-0.3, -0.25) is 0 Å². The van der Waals surface area contributed by atoms with Crippen molar-refractivity contribution in [3.8, 4) is 0 Å². The monoisotopic (exact) mass is 532 g/mol. The maximum atomic E-state index is 6.97. The maximum absolute atomic E-state index is 6.97. The molecule has 0 spiro atoms. The number of alkyl halides is 1. The van der Waals surface area contributed by atoms with Crippen molar-refractivity contribution in [2.45, 2.75) is 18.2 Å². The Kier molecular flexibility index (Phi) is 8.82. The fraction of sp³-hybridized carbons (Fsp3) is 0.185. The zero-order valence-electron chi connectivity index (χ0n) is 18.3. The van der Waals surface area contributed by atoms with E-state index in [1.807, 2.05) is 60.9 Å². The summed E-state index contributed by atoms with van der Waals surface area (Å²) in [7, 11) is 0. The Morgan fingerprint density at radius 2 is 1.62 bits per heavy atom. The molecule has 0 bridgehead atoms. The molecule has 34 heavy (non-hydrogen) atoms. The number of nitrogens with zero attached hydrogens (tertiary/aromatic N) is 2. The fourth-order valence-corrected chi connectivity index (χ4v) is 4.56. The van der Waals surface area contributed by atoms with Crippen LogP contribution < -0.4 is 0 Å². The topological polar surface area (TPSA) is 15.7 Å². The van der Waals surface area contributed by atoms with Gasteiger partial charge in [-0.1, -0.05) is 107 Å². The molecule has 2 unspecified atom stereocenters. The van der Waals surface area contributed by atoms with Crippen LogP contribution in [0.25, 0.3) is 6.08 Å². The molecule has 0 radical (unpaired) electrons. The first-order chi connectivity index (χ1) is 16.5. The van der Waals surface area contributed by atoms with Crippen LogP contribution in [0.2, 0.25) is 15.1 Å². The van der Waals surface area contributed by atoms with Gasteiger partial charge in [0.05, 0.1) is 13.3 Å². The van der Waals surface area contributed by atoms with Crippen LogP contribution in [0, 0.1) is 0 Å². The smallest absolute Gasteiger partial charge is 0.135 e. The van der Waals surface area contributed by atoms with Gasteiger partial charge in [-0.2, -0.15) is 0 Å². The zero-order chi connectivity index (χ0) is 23.9. The maximum Gasteiger partial charge on any atom is 0.135 e. The molecular weight excluding hydrogens is 510 g/mol. The lowest BCUT2D eigenvalue weighted by Gasteiger charge is -2.31. The van der Waals surface area contributed by atoms with Crippen molar-refractivity contribution < 1.29 is 4.74 Å². The van der Waals surface area contributed by atoms with Gasteiger partial charge in [0.1, 0.15) is 11.6 Å². The minimum Gasteiger partial charge on any atom is -0.365 e. The first-order valence-corrected chi connectivity index (χ1v) is 12.4. The van der Waals surface area contributed by atoms with Gasteiger partial charge in [-0.25, -0.2) is 0 Å². The van der Waals surface area contributed by atoms with Crippen LogP contribution in [0.5, 0.6) is 0 Å². The minimum atomic E-state index is -0.438. The molecule has 0 fully saturated rings. The van der Waals surface area contributed by atoms with Gasteiger partial charge in [0.2, 0.25) is 0 Å². The molecule has 0 aliphatic carbocycles. The van der Waals surface area contributed by atoms with Crippen molar-refractivity contribution >= 4 is 52.5 Å². The summed E-state index contributed by atoms with van der Waals surface area (Å²) in [6.07, 6.45) is 7.89. The zero-order valence-corrected chi connectivity index (χ0v) is 21.4. The molecule has 0 amide bonds. The Bertz CT molecular complexity index is 1140. The first-order valence-electron chi connectivity index (χ1n) is 10.8. The molecule has 0 aromatic heterocycles. The molecular formula is C27H24Cl4N2O. The lowest BCUT2D eigenvalue weighted by atomic mass is 10.1. The van der Waals surface area contributed by atoms with Crippen LogP contribution in [0.1, 0.15) is 22.8 Å². The Hall–Kier alpha value is -2.14. The second kappa shape index (κ2) is 12.0. The van der Waals surface area contributed by atoms with Gasteiger partial charge in [0.25, 0.3) is 0 Å². The van der Waals surface area contributed by atoms with E-state index in [2.05, 4.69) is 34.1 Å². The largest absolute Gasteiger partial charge is 0.365 e. The summed E-state index contributed by atoms with van der Waals surface area (Å²) in [5.74, 6) is 0. The third-order valence-corrected chi connectivity index (χ3v) is 6.78. The van der Waals surface area contributed by atoms with E-state index >= 15 is 0 Å². The molecule has 3 aromatic rings. The summed E-state index contributed by atoms with van der Waals surface area (Å²) in [6, 6.07) is 23.2. The molecule has 2 atom stereocenters. The highest BCUT2D eigenvalue weighted by molar-refractivity contribution is 6.35. The Morgan fingerprint density at radius 1 is 0.882 bits per heavy atom. The lowest BCUT2D eigenvalue weighted by Crippen LogP contribution is -2.35. The molecule has 3 aromatic carbocycles. The molecule has 1 heterocycles. The second-order valence-corrected chi connectivity index (χ2v) is 9.66. The summed E-state index contributed by atoms with van der Waals surface area (Å²) < 4.78 is 6.31. The van der Waals surface area contributed by atoms with Gasteiger partial charge in [0, 0.05) is 34.0 Å². The third-order valence-electron chi connectivity index (χ3n) is 5.46. The summed E-state index contributed by atoms with van der Waals surface area (Å²) in [4.78, 5) is 4.24. The van der Waals surface area contributed by atoms with Gasteiger partial charge >= 0.3 is 0 Å². The predicted molar refractivity (Wildman–Crippen MR) is 143 cm³/mol. The Labute approximate surface area is 220 Å². The van der Waals surface area contributed by atoms with Crippen molar-refractivity contribution in [3.63, 3.8) is 0 Å². The van der Waals surface area contributed by atoms with Crippen LogP contribution >= 0.6 is 46.4 Å². The highest BCUT2D eigenvalue weighted by Gasteiger charge is 2.29. The van der Waals surface area contributed by atoms with Crippen LogP contribution in [0.4, 0.5) is 0 Å². The Balaban J connectivity index is 1.42. The summed E-state index contributed by atoms with van der Waals surface area (Å²) >= 11 is 25.5. The normalized spacial score (nSPS) is 15.3. The van der Waals surface area contributed by atoms with Crippen LogP contribution in [-0.4, -0.2) is 28.5 Å². The van der Waals surface area contributed by atoms with E-state index in [1.54, 1.807) is 12.1 Å². The highest BCUT2D eigenvalue weighted by atomic mass is 35.5. The van der Waals surface area contributed by atoms with Gasteiger partial charge < -0.3 is 14.5 Å². The molecule has 1 aliphatic rings. The number of rotatable bonds is 9. The van der Waals surface area contributed by atoms with Crippen LogP contribution in [-0.2, 0) is 11.3 Å². The van der Waals surface area contributed by atoms with E-state index in [9.17, 15) is 0 Å². The molecule has 4 rings (SSSR count). The molecule has 0 saturated carbocycles. The Morgan fingerprint density at radius 3 is 2.35 bits per heavy atom. The summed E-state index contributed by atoms with van der Waals surface area (Å²) in [5.41, 5.74) is 2.52. The van der Waals surface area contributed by atoms with Gasteiger partial charge in [0.15, 0.2) is 0 Å². The number of halogens is 4. The molecule has 3 nitrogen and oxygen atoms in total. The molecule has 7 heteroatoms. The van der Waals surface area contributed by atoms with E-state index in [1.165, 1.54) is 5.56 Å². The van der Waals surface area contributed by atoms with E-state index in [-0.39, 0.29) is 0 Å². The number of hydrogen-bond acceptors (Lipinski definition) is 3. The molecule has 0 saturated heterocycles. The van der Waals surface area contributed by atoms with Crippen molar-refractivity contribution in [2.75, 3.05) is 13.2 Å². The second-order valence-electron chi connectivity index (χ2n) is 7.93. The highest BCUT2D eigenvalue weighted by Crippen LogP contribution is 2.32. The van der Waals surface area contributed by atoms with E-state index in [4.69, 9.17) is 51.1 Å². The van der Waals surface area contributed by atoms with Gasteiger partial charge in [-0.05, 0) is 41.0 Å². The average molecular weight is 534 g/mol. The average Bonchev–Trinajstić information content (AvgIpc) is 3.31. The quantitative estimate of drug-likeness (QED) is 0.203. The SMILES string of the molecule is Clc1ccc(C(OCc2ccc(Cl)cc2Cl)C(Cl)N2C=CN(C/C=C/c3ccccc3)C2)cc1. The summed E-state index contributed by atoms with van der Waals surface area (Å²) in [5, 5.41) is 1.81. The molecule has 176 valence electrons. The standard InChI is InChI=1S/C27H24Cl4N2O/c28-23-11-8-21(9-12-23)26(34-18-22-10-13-24(29)17-25(22)30)27(31)33-16-15-32(19-33)14-4-7-20-5-2-1-3-6-20/h1-13,15-17,26-27H,14,18-19H2/b7-4+. The van der Waals surface area contributed by atoms with Crippen LogP contribution in [0.15, 0.2) is 91.3 Å². The van der Waals surface area contributed by atoms with Crippen LogP contribution in [0.3, 0.4) is 0 Å². The van der Waals surface area contributed by atoms with Crippen molar-refractivity contribution in [1.82, 2.24) is 9.80 Å². The van der Waals surface area contributed by atoms with E-state index in [0.29, 0.717) is 28.3 Å². The third kappa shape index (κ3) is 6.71. The van der Waals surface area contributed by atoms with E-state index in [0.717, 1.165) is 17.7 Å². The number of hydrogen-bond donors (Lipinski definition) is 0. The van der Waals surface area contributed by atoms with Gasteiger partial charge in [-0.15, -0.1) is 0 Å². The van der Waals surface area contributed by atoms with E-state index < -0.39 is 11.6 Å².